The molecule has 0 aliphatic heterocycles. The fourth-order valence-electron chi connectivity index (χ4n) is 4.45. The van der Waals surface area contributed by atoms with Crippen LogP contribution in [0.25, 0.3) is 22.4 Å². The number of carbonyl (C=O) groups is 2. The highest BCUT2D eigenvalue weighted by Gasteiger charge is 2.35. The number of aliphatic carboxylic acids is 1. The lowest BCUT2D eigenvalue weighted by molar-refractivity contribution is -0.153. The van der Waals surface area contributed by atoms with Gasteiger partial charge in [0, 0.05) is 19.2 Å². The number of carbonyl (C=O) groups excluding carboxylic acids is 1. The van der Waals surface area contributed by atoms with E-state index in [1.165, 1.54) is 13.8 Å². The lowest BCUT2D eigenvalue weighted by Gasteiger charge is -2.25. The number of rotatable bonds is 12. The summed E-state index contributed by atoms with van der Waals surface area (Å²) < 4.78 is 34.5. The quantitative estimate of drug-likeness (QED) is 0.245. The summed E-state index contributed by atoms with van der Waals surface area (Å²) in [7, 11) is -2.25. The Morgan fingerprint density at radius 1 is 1.21 bits per heavy atom. The Morgan fingerprint density at radius 3 is 2.46 bits per heavy atom. The number of aromatic nitrogens is 1. The van der Waals surface area contributed by atoms with Gasteiger partial charge in [-0.05, 0) is 64.0 Å². The number of sulfonamides is 1. The van der Waals surface area contributed by atoms with Crippen molar-refractivity contribution in [3.8, 4) is 11.3 Å². The van der Waals surface area contributed by atoms with Crippen molar-refractivity contribution in [2.75, 3.05) is 13.6 Å². The van der Waals surface area contributed by atoms with Crippen molar-refractivity contribution in [2.24, 2.45) is 5.41 Å². The van der Waals surface area contributed by atoms with Gasteiger partial charge in [0.2, 0.25) is 15.7 Å². The van der Waals surface area contributed by atoms with E-state index < -0.39 is 27.5 Å². The first kappa shape index (κ1) is 28.7. The number of amides is 1. The molecule has 39 heavy (non-hydrogen) atoms. The highest BCUT2D eigenvalue weighted by molar-refractivity contribution is 7.88. The minimum atomic E-state index is -3.79. The fraction of sp³-hybridized carbons (Fsp3) is 0.464. The van der Waals surface area contributed by atoms with Crippen LogP contribution in [0.1, 0.15) is 72.6 Å². The number of nitrogens with one attached hydrogen (secondary N) is 2. The molecule has 10 nitrogen and oxygen atoms in total. The van der Waals surface area contributed by atoms with Crippen molar-refractivity contribution >= 4 is 33.0 Å². The highest BCUT2D eigenvalue weighted by atomic mass is 32.2. The Bertz CT molecular complexity index is 1490. The molecular formula is C28H35N3O7S. The molecule has 210 valence electrons. The SMILES string of the molecule is CNC(=O)c1c(-c2ccc(C)cc2)oc2nc(CS(=O)(=O)NCCCC(O)C(C)(C)C(=O)O)c(C3CC3)cc12. The molecule has 1 atom stereocenters. The van der Waals surface area contributed by atoms with Crippen molar-refractivity contribution in [1.82, 2.24) is 15.0 Å². The van der Waals surface area contributed by atoms with Crippen LogP contribution in [0.15, 0.2) is 34.7 Å². The van der Waals surface area contributed by atoms with Crippen LogP contribution in [0.5, 0.6) is 0 Å². The number of hydrogen-bond donors (Lipinski definition) is 4. The summed E-state index contributed by atoms with van der Waals surface area (Å²) in [6.45, 7) is 4.88. The van der Waals surface area contributed by atoms with Crippen LogP contribution in [0.4, 0.5) is 0 Å². The Hall–Kier alpha value is -3.28. The lowest BCUT2D eigenvalue weighted by atomic mass is 9.84. The molecule has 1 amide bonds. The number of fused-ring (bicyclic) bond motifs is 1. The zero-order valence-electron chi connectivity index (χ0n) is 22.6. The number of aliphatic hydroxyl groups is 1. The number of pyridine rings is 1. The second kappa shape index (κ2) is 11.1. The standard InChI is InChI=1S/C28H35N3O7S/c1-16-7-9-18(10-8-16)24-23(25(33)29-4)20-14-19(17-11-12-17)21(31-26(20)38-24)15-39(36,37)30-13-5-6-22(32)28(2,3)27(34)35/h7-10,14,17,22,30,32H,5-6,11-13,15H2,1-4H3,(H,29,33)(H,34,35). The second-order valence-electron chi connectivity index (χ2n) is 10.7. The highest BCUT2D eigenvalue weighted by Crippen LogP contribution is 2.44. The van der Waals surface area contributed by atoms with Crippen molar-refractivity contribution in [1.29, 1.82) is 0 Å². The third-order valence-corrected chi connectivity index (χ3v) is 8.56. The molecule has 1 unspecified atom stereocenters. The van der Waals surface area contributed by atoms with Crippen molar-refractivity contribution in [2.45, 2.75) is 64.2 Å². The van der Waals surface area contributed by atoms with Crippen molar-refractivity contribution in [3.63, 3.8) is 0 Å². The Balaban J connectivity index is 1.59. The average Bonchev–Trinajstić information content (AvgIpc) is 3.66. The Kier molecular flexibility index (Phi) is 8.15. The molecule has 0 radical (unpaired) electrons. The van der Waals surface area contributed by atoms with Crippen LogP contribution in [-0.4, -0.2) is 55.2 Å². The van der Waals surface area contributed by atoms with Gasteiger partial charge in [0.25, 0.3) is 5.91 Å². The Labute approximate surface area is 227 Å². The number of nitrogens with zero attached hydrogens (tertiary/aromatic N) is 1. The van der Waals surface area contributed by atoms with Gasteiger partial charge in [0.15, 0.2) is 0 Å². The first-order valence-corrected chi connectivity index (χ1v) is 14.6. The molecule has 0 saturated heterocycles. The molecule has 11 heteroatoms. The molecule has 1 fully saturated rings. The van der Waals surface area contributed by atoms with Crippen LogP contribution in [0.2, 0.25) is 0 Å². The van der Waals surface area contributed by atoms with E-state index in [9.17, 15) is 28.2 Å². The van der Waals surface area contributed by atoms with E-state index in [2.05, 4.69) is 15.0 Å². The number of aliphatic hydroxyl groups excluding tert-OH is 1. The predicted molar refractivity (Wildman–Crippen MR) is 147 cm³/mol. The van der Waals surface area contributed by atoms with Gasteiger partial charge in [-0.15, -0.1) is 0 Å². The van der Waals surface area contributed by atoms with Crippen LogP contribution < -0.4 is 10.0 Å². The number of aryl methyl sites for hydroxylation is 1. The van der Waals surface area contributed by atoms with E-state index in [4.69, 9.17) is 4.42 Å². The zero-order chi connectivity index (χ0) is 28.5. The average molecular weight is 558 g/mol. The summed E-state index contributed by atoms with van der Waals surface area (Å²) in [6, 6.07) is 9.41. The summed E-state index contributed by atoms with van der Waals surface area (Å²) in [5, 5.41) is 22.6. The number of carboxylic acid groups (broad SMARTS) is 1. The molecule has 1 aromatic carbocycles. The van der Waals surface area contributed by atoms with Crippen molar-refractivity contribution in [3.05, 3.63) is 52.7 Å². The predicted octanol–water partition coefficient (Wildman–Crippen LogP) is 3.71. The molecule has 3 aromatic rings. The maximum atomic E-state index is 13.0. The molecule has 4 N–H and O–H groups in total. The maximum Gasteiger partial charge on any atom is 0.311 e. The molecule has 2 heterocycles. The minimum Gasteiger partial charge on any atom is -0.481 e. The first-order valence-electron chi connectivity index (χ1n) is 13.0. The monoisotopic (exact) mass is 557 g/mol. The molecule has 0 bridgehead atoms. The van der Waals surface area contributed by atoms with E-state index in [-0.39, 0.29) is 42.7 Å². The third-order valence-electron chi connectivity index (χ3n) is 7.27. The lowest BCUT2D eigenvalue weighted by Crippen LogP contribution is -2.37. The summed E-state index contributed by atoms with van der Waals surface area (Å²) in [4.78, 5) is 28.8. The van der Waals surface area contributed by atoms with Crippen molar-refractivity contribution < 1.29 is 32.6 Å². The molecule has 1 aliphatic rings. The number of hydrogen-bond acceptors (Lipinski definition) is 7. The van der Waals surface area contributed by atoms with Gasteiger partial charge in [0.05, 0.1) is 28.2 Å². The summed E-state index contributed by atoms with van der Waals surface area (Å²) in [5.41, 5.74) is 2.16. The smallest absolute Gasteiger partial charge is 0.311 e. The number of furan rings is 1. The first-order chi connectivity index (χ1) is 18.3. The second-order valence-corrected chi connectivity index (χ2v) is 12.5. The topological polar surface area (TPSA) is 159 Å². The van der Waals surface area contributed by atoms with E-state index in [0.29, 0.717) is 28.0 Å². The number of carboxylic acids is 1. The van der Waals surface area contributed by atoms with E-state index >= 15 is 0 Å². The summed E-state index contributed by atoms with van der Waals surface area (Å²) >= 11 is 0. The summed E-state index contributed by atoms with van der Waals surface area (Å²) in [5.74, 6) is -1.26. The molecule has 0 spiro atoms. The van der Waals surface area contributed by atoms with Gasteiger partial charge in [-0.1, -0.05) is 29.8 Å². The molecule has 1 aliphatic carbocycles. The van der Waals surface area contributed by atoms with Crippen LogP contribution in [-0.2, 0) is 20.6 Å². The maximum absolute atomic E-state index is 13.0. The van der Waals surface area contributed by atoms with Gasteiger partial charge < -0.3 is 19.9 Å². The largest absolute Gasteiger partial charge is 0.481 e. The molecule has 1 saturated carbocycles. The van der Waals surface area contributed by atoms with E-state index in [1.54, 1.807) is 7.05 Å². The third kappa shape index (κ3) is 6.32. The van der Waals surface area contributed by atoms with Gasteiger partial charge in [-0.3, -0.25) is 9.59 Å². The summed E-state index contributed by atoms with van der Waals surface area (Å²) in [6.07, 6.45) is 1.11. The van der Waals surface area contributed by atoms with Crippen LogP contribution >= 0.6 is 0 Å². The minimum absolute atomic E-state index is 0.0508. The molecule has 4 rings (SSSR count). The normalized spacial score (nSPS) is 14.9. The molecule has 2 aromatic heterocycles. The van der Waals surface area contributed by atoms with Gasteiger partial charge in [0.1, 0.15) is 11.5 Å². The van der Waals surface area contributed by atoms with Gasteiger partial charge in [-0.2, -0.15) is 0 Å². The molecular weight excluding hydrogens is 522 g/mol. The Morgan fingerprint density at radius 2 is 1.87 bits per heavy atom. The fourth-order valence-corrected chi connectivity index (χ4v) is 5.60. The van der Waals surface area contributed by atoms with E-state index in [1.807, 2.05) is 37.3 Å². The van der Waals surface area contributed by atoms with Gasteiger partial charge in [-0.25, -0.2) is 18.1 Å². The number of benzene rings is 1. The van der Waals surface area contributed by atoms with Crippen LogP contribution in [0, 0.1) is 12.3 Å². The zero-order valence-corrected chi connectivity index (χ0v) is 23.4. The van der Waals surface area contributed by atoms with Gasteiger partial charge >= 0.3 is 5.97 Å². The van der Waals surface area contributed by atoms with E-state index in [0.717, 1.165) is 24.0 Å². The van der Waals surface area contributed by atoms with Crippen LogP contribution in [0.3, 0.4) is 0 Å².